The van der Waals surface area contributed by atoms with E-state index < -0.39 is 19.2 Å². The topological polar surface area (TPSA) is 86.6 Å². The predicted molar refractivity (Wildman–Crippen MR) is 86.8 cm³/mol. The van der Waals surface area contributed by atoms with Gasteiger partial charge in [0.2, 0.25) is 5.91 Å². The molecule has 0 saturated heterocycles. The van der Waals surface area contributed by atoms with Crippen LogP contribution < -0.4 is 5.32 Å². The average molecular weight is 325 g/mol. The van der Waals surface area contributed by atoms with Gasteiger partial charge in [-0.3, -0.25) is 9.36 Å². The van der Waals surface area contributed by atoms with Gasteiger partial charge in [-0.1, -0.05) is 49.8 Å². The van der Waals surface area contributed by atoms with Gasteiger partial charge >= 0.3 is 7.60 Å². The predicted octanol–water partition coefficient (Wildman–Crippen LogP) is 3.45. The molecule has 1 atom stereocenters. The van der Waals surface area contributed by atoms with Gasteiger partial charge in [0.05, 0.1) is 0 Å². The van der Waals surface area contributed by atoms with Crippen LogP contribution in [0.25, 0.3) is 0 Å². The molecule has 0 aliphatic heterocycles. The van der Waals surface area contributed by atoms with Crippen molar-refractivity contribution in [2.24, 2.45) is 5.92 Å². The van der Waals surface area contributed by atoms with E-state index in [4.69, 9.17) is 0 Å². The highest BCUT2D eigenvalue weighted by molar-refractivity contribution is 7.53. The summed E-state index contributed by atoms with van der Waals surface area (Å²) in [4.78, 5) is 31.4. The van der Waals surface area contributed by atoms with Crippen molar-refractivity contribution in [2.45, 2.75) is 51.1 Å². The second-order valence-corrected chi connectivity index (χ2v) is 8.00. The molecule has 1 unspecified atom stereocenters. The zero-order valence-electron chi connectivity index (χ0n) is 12.9. The monoisotopic (exact) mass is 325 g/mol. The van der Waals surface area contributed by atoms with Crippen LogP contribution in [0.3, 0.4) is 0 Å². The highest BCUT2D eigenvalue weighted by Gasteiger charge is 2.37. The molecule has 1 saturated carbocycles. The first-order valence-corrected chi connectivity index (χ1v) is 9.47. The third-order valence-corrected chi connectivity index (χ3v) is 5.57. The molecule has 0 heterocycles. The van der Waals surface area contributed by atoms with E-state index in [9.17, 15) is 19.1 Å². The smallest absolute Gasteiger partial charge is 0.325 e. The lowest BCUT2D eigenvalue weighted by Gasteiger charge is -2.26. The molecule has 1 aliphatic rings. The fourth-order valence-corrected chi connectivity index (χ4v) is 3.94. The number of aryl methyl sites for hydroxylation is 1. The number of rotatable bonds is 5. The van der Waals surface area contributed by atoms with Gasteiger partial charge in [0.15, 0.2) is 0 Å². The van der Waals surface area contributed by atoms with E-state index in [1.165, 1.54) is 6.42 Å². The van der Waals surface area contributed by atoms with Crippen LogP contribution in [0.1, 0.15) is 44.1 Å². The molecule has 0 bridgehead atoms. The first kappa shape index (κ1) is 17.2. The van der Waals surface area contributed by atoms with Crippen molar-refractivity contribution in [3.8, 4) is 0 Å². The van der Waals surface area contributed by atoms with E-state index in [1.54, 1.807) is 12.1 Å². The number of carbonyl (C=O) groups excluding carboxylic acids is 1. The van der Waals surface area contributed by atoms with Gasteiger partial charge in [0.25, 0.3) is 0 Å². The fraction of sp³-hybridized carbons (Fsp3) is 0.562. The SMILES string of the molecule is Cc1ccc(NC(=O)C(CC2CCCCC2)P(=O)(O)O)cc1. The highest BCUT2D eigenvalue weighted by Crippen LogP contribution is 2.46. The Morgan fingerprint density at radius 2 is 1.82 bits per heavy atom. The molecule has 1 fully saturated rings. The van der Waals surface area contributed by atoms with Crippen LogP contribution in [-0.4, -0.2) is 21.4 Å². The molecule has 0 radical (unpaired) electrons. The summed E-state index contributed by atoms with van der Waals surface area (Å²) >= 11 is 0. The normalized spacial score (nSPS) is 18.0. The molecule has 1 aromatic rings. The molecule has 1 aromatic carbocycles. The third kappa shape index (κ3) is 4.94. The summed E-state index contributed by atoms with van der Waals surface area (Å²) in [5, 5.41) is 2.63. The van der Waals surface area contributed by atoms with Gasteiger partial charge in [-0.15, -0.1) is 0 Å². The molecule has 1 amide bonds. The third-order valence-electron chi connectivity index (χ3n) is 4.31. The van der Waals surface area contributed by atoms with Crippen LogP contribution in [0, 0.1) is 12.8 Å². The van der Waals surface area contributed by atoms with Crippen molar-refractivity contribution in [2.75, 3.05) is 5.32 Å². The van der Waals surface area contributed by atoms with Crippen molar-refractivity contribution in [1.29, 1.82) is 0 Å². The van der Waals surface area contributed by atoms with Crippen molar-refractivity contribution >= 4 is 19.2 Å². The Labute approximate surface area is 131 Å². The second kappa shape index (κ2) is 7.40. The minimum Gasteiger partial charge on any atom is -0.325 e. The largest absolute Gasteiger partial charge is 0.337 e. The molecule has 0 aromatic heterocycles. The number of anilines is 1. The van der Waals surface area contributed by atoms with E-state index in [-0.39, 0.29) is 12.3 Å². The van der Waals surface area contributed by atoms with E-state index in [1.807, 2.05) is 19.1 Å². The first-order valence-electron chi connectivity index (χ1n) is 7.79. The van der Waals surface area contributed by atoms with Gasteiger partial charge in [-0.2, -0.15) is 0 Å². The Hall–Kier alpha value is -1.16. The number of hydrogen-bond acceptors (Lipinski definition) is 2. The zero-order chi connectivity index (χ0) is 16.2. The van der Waals surface area contributed by atoms with Gasteiger partial charge in [0, 0.05) is 5.69 Å². The Bertz CT molecular complexity index is 546. The van der Waals surface area contributed by atoms with Crippen LogP contribution >= 0.6 is 7.60 Å². The molecule has 1 aliphatic carbocycles. The summed E-state index contributed by atoms with van der Waals surface area (Å²) in [6, 6.07) is 7.18. The van der Waals surface area contributed by atoms with E-state index in [0.29, 0.717) is 5.69 Å². The van der Waals surface area contributed by atoms with Crippen molar-refractivity contribution < 1.29 is 19.1 Å². The maximum absolute atomic E-state index is 12.3. The Morgan fingerprint density at radius 3 is 2.36 bits per heavy atom. The molecule has 3 N–H and O–H groups in total. The summed E-state index contributed by atoms with van der Waals surface area (Å²) in [6.07, 6.45) is 5.51. The van der Waals surface area contributed by atoms with Gasteiger partial charge in [0.1, 0.15) is 5.66 Å². The maximum Gasteiger partial charge on any atom is 0.337 e. The lowest BCUT2D eigenvalue weighted by atomic mass is 9.86. The molecule has 122 valence electrons. The van der Waals surface area contributed by atoms with Gasteiger partial charge in [-0.25, -0.2) is 0 Å². The van der Waals surface area contributed by atoms with Crippen LogP contribution in [0.15, 0.2) is 24.3 Å². The number of amides is 1. The highest BCUT2D eigenvalue weighted by atomic mass is 31.2. The number of carbonyl (C=O) groups is 1. The second-order valence-electron chi connectivity index (χ2n) is 6.20. The number of nitrogens with one attached hydrogen (secondary N) is 1. The molecule has 6 heteroatoms. The van der Waals surface area contributed by atoms with Crippen LogP contribution in [0.5, 0.6) is 0 Å². The number of hydrogen-bond donors (Lipinski definition) is 3. The fourth-order valence-electron chi connectivity index (χ4n) is 3.00. The van der Waals surface area contributed by atoms with E-state index >= 15 is 0 Å². The van der Waals surface area contributed by atoms with Crippen LogP contribution in [-0.2, 0) is 9.36 Å². The summed E-state index contributed by atoms with van der Waals surface area (Å²) in [6.45, 7) is 1.94. The Morgan fingerprint density at radius 1 is 1.23 bits per heavy atom. The van der Waals surface area contributed by atoms with Gasteiger partial charge in [-0.05, 0) is 31.4 Å². The quantitative estimate of drug-likeness (QED) is 0.724. The summed E-state index contributed by atoms with van der Waals surface area (Å²) in [7, 11) is -4.46. The first-order chi connectivity index (χ1) is 10.4. The van der Waals surface area contributed by atoms with Crippen molar-refractivity contribution in [3.05, 3.63) is 29.8 Å². The minimum atomic E-state index is -4.46. The van der Waals surface area contributed by atoms with Crippen LogP contribution in [0.2, 0.25) is 0 Å². The molecule has 0 spiro atoms. The van der Waals surface area contributed by atoms with E-state index in [0.717, 1.165) is 31.2 Å². The van der Waals surface area contributed by atoms with Crippen LogP contribution in [0.4, 0.5) is 5.69 Å². The Kier molecular flexibility index (Phi) is 5.79. The summed E-state index contributed by atoms with van der Waals surface area (Å²) in [5.41, 5.74) is 0.376. The molecule has 2 rings (SSSR count). The summed E-state index contributed by atoms with van der Waals surface area (Å²) < 4.78 is 11.7. The maximum atomic E-state index is 12.3. The lowest BCUT2D eigenvalue weighted by Crippen LogP contribution is -2.30. The molecular formula is C16H24NO4P. The minimum absolute atomic E-state index is 0.232. The standard InChI is InChI=1S/C16H24NO4P/c1-12-7-9-14(10-8-12)17-16(18)15(22(19,20)21)11-13-5-3-2-4-6-13/h7-10,13,15H,2-6,11H2,1H3,(H,17,18)(H2,19,20,21). The van der Waals surface area contributed by atoms with E-state index in [2.05, 4.69) is 5.32 Å². The van der Waals surface area contributed by atoms with Crippen molar-refractivity contribution in [1.82, 2.24) is 0 Å². The molecule has 22 heavy (non-hydrogen) atoms. The molecular weight excluding hydrogens is 301 g/mol. The zero-order valence-corrected chi connectivity index (χ0v) is 13.8. The van der Waals surface area contributed by atoms with Gasteiger partial charge < -0.3 is 15.1 Å². The Balaban J connectivity index is 2.05. The van der Waals surface area contributed by atoms with Crippen molar-refractivity contribution in [3.63, 3.8) is 0 Å². The number of benzene rings is 1. The molecule has 5 nitrogen and oxygen atoms in total. The lowest BCUT2D eigenvalue weighted by molar-refractivity contribution is -0.116. The summed E-state index contributed by atoms with van der Waals surface area (Å²) in [5.74, 6) is -0.349. The average Bonchev–Trinajstić information content (AvgIpc) is 2.47.